The van der Waals surface area contributed by atoms with Gasteiger partial charge in [-0.3, -0.25) is 4.79 Å². The molecule has 5 nitrogen and oxygen atoms in total. The highest BCUT2D eigenvalue weighted by Crippen LogP contribution is 2.17. The lowest BCUT2D eigenvalue weighted by atomic mass is 10.1. The number of nitrogens with two attached hydrogens (primary N) is 1. The molecule has 0 bridgehead atoms. The van der Waals surface area contributed by atoms with E-state index in [9.17, 15) is 13.2 Å². The molecule has 0 fully saturated rings. The van der Waals surface area contributed by atoms with Crippen molar-refractivity contribution in [2.45, 2.75) is 25.4 Å². The van der Waals surface area contributed by atoms with Crippen molar-refractivity contribution in [2.24, 2.45) is 5.73 Å². The van der Waals surface area contributed by atoms with E-state index in [2.05, 4.69) is 5.32 Å². The predicted molar refractivity (Wildman–Crippen MR) is 80.3 cm³/mol. The molecule has 0 aliphatic rings. The summed E-state index contributed by atoms with van der Waals surface area (Å²) in [6.07, 6.45) is 1.22. The maximum absolute atomic E-state index is 11.9. The summed E-state index contributed by atoms with van der Waals surface area (Å²) in [7, 11) is -3.12. The first-order chi connectivity index (χ1) is 9.19. The van der Waals surface area contributed by atoms with Gasteiger partial charge in [-0.1, -0.05) is 23.7 Å². The Morgan fingerprint density at radius 2 is 2.10 bits per heavy atom. The highest BCUT2D eigenvalue weighted by Gasteiger charge is 2.18. The van der Waals surface area contributed by atoms with Crippen LogP contribution in [0.4, 0.5) is 0 Å². The van der Waals surface area contributed by atoms with Crippen LogP contribution in [0, 0.1) is 0 Å². The molecule has 0 aliphatic carbocycles. The van der Waals surface area contributed by atoms with Crippen LogP contribution in [-0.2, 0) is 14.6 Å². The van der Waals surface area contributed by atoms with E-state index in [-0.39, 0.29) is 24.1 Å². The van der Waals surface area contributed by atoms with Gasteiger partial charge in [-0.2, -0.15) is 0 Å². The normalized spacial score (nSPS) is 14.6. The van der Waals surface area contributed by atoms with E-state index in [1.807, 2.05) is 13.0 Å². The van der Waals surface area contributed by atoms with Gasteiger partial charge in [0.15, 0.2) is 0 Å². The third-order valence-corrected chi connectivity index (χ3v) is 4.06. The van der Waals surface area contributed by atoms with Gasteiger partial charge in [0.1, 0.15) is 9.84 Å². The zero-order valence-corrected chi connectivity index (χ0v) is 13.0. The molecule has 0 aromatic heterocycles. The Morgan fingerprint density at radius 3 is 2.65 bits per heavy atom. The minimum absolute atomic E-state index is 0.104. The number of hydrogen-bond acceptors (Lipinski definition) is 4. The van der Waals surface area contributed by atoms with Crippen LogP contribution in [-0.4, -0.2) is 32.4 Å². The van der Waals surface area contributed by atoms with Gasteiger partial charge in [-0.05, 0) is 31.0 Å². The molecule has 0 saturated carbocycles. The fourth-order valence-corrected chi connectivity index (χ4v) is 2.53. The van der Waals surface area contributed by atoms with E-state index in [1.54, 1.807) is 18.2 Å². The molecular formula is C13H19ClN2O3S. The van der Waals surface area contributed by atoms with Gasteiger partial charge in [0.05, 0.1) is 17.8 Å². The Bertz CT molecular complexity index is 575. The lowest BCUT2D eigenvalue weighted by molar-refractivity contribution is -0.123. The molecule has 1 aromatic rings. The second-order valence-corrected chi connectivity index (χ2v) is 7.51. The molecule has 1 rings (SSSR count). The standard InChI is InChI=1S/C13H19ClN2O3S/c1-9(10-4-3-5-11(14)8-10)16-13(17)12(15)6-7-20(2,18)19/h3-5,8-9,12H,6-7,15H2,1-2H3,(H,16,17)/t9-,12?/m1/s1. The molecule has 0 radical (unpaired) electrons. The first kappa shape index (κ1) is 16.9. The monoisotopic (exact) mass is 318 g/mol. The Labute approximate surface area is 124 Å². The fourth-order valence-electron chi connectivity index (χ4n) is 1.65. The van der Waals surface area contributed by atoms with E-state index >= 15 is 0 Å². The quantitative estimate of drug-likeness (QED) is 0.827. The molecule has 1 aromatic carbocycles. The molecule has 0 spiro atoms. The zero-order chi connectivity index (χ0) is 15.3. The number of hydrogen-bond donors (Lipinski definition) is 2. The minimum Gasteiger partial charge on any atom is -0.348 e. The molecule has 7 heteroatoms. The van der Waals surface area contributed by atoms with Crippen LogP contribution in [0.2, 0.25) is 5.02 Å². The van der Waals surface area contributed by atoms with Gasteiger partial charge in [-0.25, -0.2) is 8.42 Å². The summed E-state index contributed by atoms with van der Waals surface area (Å²) in [5, 5.41) is 3.33. The fraction of sp³-hybridized carbons (Fsp3) is 0.462. The molecular weight excluding hydrogens is 300 g/mol. The topological polar surface area (TPSA) is 89.3 Å². The minimum atomic E-state index is -3.12. The summed E-state index contributed by atoms with van der Waals surface area (Å²) in [5.41, 5.74) is 6.54. The summed E-state index contributed by atoms with van der Waals surface area (Å²) < 4.78 is 22.1. The molecule has 0 heterocycles. The second-order valence-electron chi connectivity index (χ2n) is 4.81. The lowest BCUT2D eigenvalue weighted by Crippen LogP contribution is -2.42. The maximum atomic E-state index is 11.9. The molecule has 2 atom stereocenters. The largest absolute Gasteiger partial charge is 0.348 e. The van der Waals surface area contributed by atoms with Crippen molar-refractivity contribution in [1.82, 2.24) is 5.32 Å². The summed E-state index contributed by atoms with van der Waals surface area (Å²) in [5.74, 6) is -0.478. The van der Waals surface area contributed by atoms with Crippen molar-refractivity contribution in [2.75, 3.05) is 12.0 Å². The number of carbonyl (C=O) groups excluding carboxylic acids is 1. The molecule has 0 saturated heterocycles. The highest BCUT2D eigenvalue weighted by atomic mass is 35.5. The number of amides is 1. The molecule has 0 aliphatic heterocycles. The van der Waals surface area contributed by atoms with E-state index in [1.165, 1.54) is 0 Å². The lowest BCUT2D eigenvalue weighted by Gasteiger charge is -2.18. The summed E-state index contributed by atoms with van der Waals surface area (Å²) in [6.45, 7) is 1.81. The predicted octanol–water partition coefficient (Wildman–Crippen LogP) is 1.28. The first-order valence-electron chi connectivity index (χ1n) is 6.18. The van der Waals surface area contributed by atoms with Crippen LogP contribution in [0.5, 0.6) is 0 Å². The number of benzene rings is 1. The van der Waals surface area contributed by atoms with Gasteiger partial charge in [0.25, 0.3) is 0 Å². The Hall–Kier alpha value is -1.11. The van der Waals surface area contributed by atoms with Crippen LogP contribution in [0.15, 0.2) is 24.3 Å². The highest BCUT2D eigenvalue weighted by molar-refractivity contribution is 7.90. The molecule has 112 valence electrons. The number of halogens is 1. The van der Waals surface area contributed by atoms with Crippen molar-refractivity contribution in [1.29, 1.82) is 0 Å². The summed E-state index contributed by atoms with van der Waals surface area (Å²) >= 11 is 5.88. The average Bonchev–Trinajstić information content (AvgIpc) is 2.34. The van der Waals surface area contributed by atoms with Crippen molar-refractivity contribution in [3.63, 3.8) is 0 Å². The van der Waals surface area contributed by atoms with Crippen LogP contribution in [0.1, 0.15) is 24.9 Å². The molecule has 1 unspecified atom stereocenters. The van der Waals surface area contributed by atoms with Crippen LogP contribution in [0.3, 0.4) is 0 Å². The number of sulfone groups is 1. The van der Waals surface area contributed by atoms with E-state index in [4.69, 9.17) is 17.3 Å². The van der Waals surface area contributed by atoms with Crippen molar-refractivity contribution >= 4 is 27.3 Å². The Morgan fingerprint density at radius 1 is 1.45 bits per heavy atom. The van der Waals surface area contributed by atoms with Crippen molar-refractivity contribution in [3.8, 4) is 0 Å². The Kier molecular flexibility index (Phi) is 5.98. The molecule has 3 N–H and O–H groups in total. The van der Waals surface area contributed by atoms with Gasteiger partial charge >= 0.3 is 0 Å². The SMILES string of the molecule is C[C@@H](NC(=O)C(N)CCS(C)(=O)=O)c1cccc(Cl)c1. The van der Waals surface area contributed by atoms with Gasteiger partial charge in [0, 0.05) is 11.3 Å². The zero-order valence-electron chi connectivity index (χ0n) is 11.5. The number of rotatable bonds is 6. The molecule has 1 amide bonds. The van der Waals surface area contributed by atoms with Crippen molar-refractivity contribution < 1.29 is 13.2 Å². The third kappa shape index (κ3) is 5.90. The molecule has 20 heavy (non-hydrogen) atoms. The van der Waals surface area contributed by atoms with Gasteiger partial charge in [-0.15, -0.1) is 0 Å². The number of nitrogens with one attached hydrogen (secondary N) is 1. The summed E-state index contributed by atoms with van der Waals surface area (Å²) in [4.78, 5) is 11.9. The van der Waals surface area contributed by atoms with E-state index in [0.717, 1.165) is 11.8 Å². The maximum Gasteiger partial charge on any atom is 0.237 e. The Balaban J connectivity index is 2.57. The van der Waals surface area contributed by atoms with E-state index < -0.39 is 15.9 Å². The van der Waals surface area contributed by atoms with Crippen LogP contribution < -0.4 is 11.1 Å². The first-order valence-corrected chi connectivity index (χ1v) is 8.62. The van der Waals surface area contributed by atoms with E-state index in [0.29, 0.717) is 5.02 Å². The van der Waals surface area contributed by atoms with Gasteiger partial charge < -0.3 is 11.1 Å². The smallest absolute Gasteiger partial charge is 0.237 e. The average molecular weight is 319 g/mol. The second kappa shape index (κ2) is 7.06. The van der Waals surface area contributed by atoms with Gasteiger partial charge in [0.2, 0.25) is 5.91 Å². The van der Waals surface area contributed by atoms with Crippen LogP contribution >= 0.6 is 11.6 Å². The summed E-state index contributed by atoms with van der Waals surface area (Å²) in [6, 6.07) is 6.06. The third-order valence-electron chi connectivity index (χ3n) is 2.84. The number of carbonyl (C=O) groups is 1. The van der Waals surface area contributed by atoms with Crippen LogP contribution in [0.25, 0.3) is 0 Å². The van der Waals surface area contributed by atoms with Crippen molar-refractivity contribution in [3.05, 3.63) is 34.9 Å².